The van der Waals surface area contributed by atoms with E-state index in [0.717, 1.165) is 38.1 Å². The van der Waals surface area contributed by atoms with Crippen LogP contribution in [0.4, 0.5) is 0 Å². The minimum atomic E-state index is 0.292. The van der Waals surface area contributed by atoms with Crippen LogP contribution in [0.15, 0.2) is 24.3 Å². The van der Waals surface area contributed by atoms with E-state index in [2.05, 4.69) is 13.0 Å². The van der Waals surface area contributed by atoms with Crippen molar-refractivity contribution in [1.29, 1.82) is 0 Å². The molecule has 0 atom stereocenters. The predicted octanol–water partition coefficient (Wildman–Crippen LogP) is 4.44. The molecule has 0 spiro atoms. The molecule has 1 amide bonds. The summed E-state index contributed by atoms with van der Waals surface area (Å²) < 4.78 is 5.64. The van der Waals surface area contributed by atoms with E-state index >= 15 is 0 Å². The predicted molar refractivity (Wildman–Crippen MR) is 89.8 cm³/mol. The zero-order valence-electron chi connectivity index (χ0n) is 14.3. The smallest absolute Gasteiger partial charge is 0.222 e. The second kappa shape index (κ2) is 12.2. The van der Waals surface area contributed by atoms with Crippen LogP contribution in [-0.2, 0) is 4.79 Å². The average molecular weight is 293 g/mol. The Balaban J connectivity index is 0.000000921. The Kier molecular flexibility index (Phi) is 11.4. The van der Waals surface area contributed by atoms with Gasteiger partial charge in [-0.3, -0.25) is 4.79 Å². The van der Waals surface area contributed by atoms with Crippen molar-refractivity contribution in [3.8, 4) is 5.75 Å². The molecule has 0 aliphatic carbocycles. The van der Waals surface area contributed by atoms with E-state index in [-0.39, 0.29) is 0 Å². The summed E-state index contributed by atoms with van der Waals surface area (Å²) in [7, 11) is 0. The Morgan fingerprint density at radius 1 is 1.19 bits per heavy atom. The molecule has 1 saturated heterocycles. The van der Waals surface area contributed by atoms with Crippen LogP contribution in [0.2, 0.25) is 0 Å². The molecule has 0 aromatic heterocycles. The summed E-state index contributed by atoms with van der Waals surface area (Å²) in [5, 5.41) is 0. The lowest BCUT2D eigenvalue weighted by Crippen LogP contribution is -2.26. The molecule has 1 aliphatic heterocycles. The molecule has 120 valence electrons. The van der Waals surface area contributed by atoms with Gasteiger partial charge in [0.1, 0.15) is 5.75 Å². The summed E-state index contributed by atoms with van der Waals surface area (Å²) in [5.74, 6) is 1.21. The monoisotopic (exact) mass is 293 g/mol. The maximum absolute atomic E-state index is 11.4. The molecule has 0 N–H and O–H groups in total. The zero-order valence-corrected chi connectivity index (χ0v) is 14.3. The number of rotatable bonds is 5. The average Bonchev–Trinajstić information content (AvgIpc) is 2.93. The van der Waals surface area contributed by atoms with E-state index < -0.39 is 0 Å². The number of carbonyl (C=O) groups is 1. The van der Waals surface area contributed by atoms with Crippen LogP contribution in [0.5, 0.6) is 5.75 Å². The summed E-state index contributed by atoms with van der Waals surface area (Å²) in [6.07, 6.45) is 2.63. The lowest BCUT2D eigenvalue weighted by atomic mass is 10.2. The molecule has 0 bridgehead atoms. The molecule has 0 saturated carbocycles. The fraction of sp³-hybridized carbons (Fsp3) is 0.611. The van der Waals surface area contributed by atoms with Gasteiger partial charge in [0, 0.05) is 19.5 Å². The standard InChI is InChI=1S/C14H19NO2.2C2H6/c1-12-5-2-6-13(11-12)17-10-4-9-15-8-3-7-14(15)16;2*1-2/h2,5-6,11H,3-4,7-10H2,1H3;2*1-2H3. The first-order valence-corrected chi connectivity index (χ1v) is 8.23. The Morgan fingerprint density at radius 3 is 2.48 bits per heavy atom. The van der Waals surface area contributed by atoms with Crippen LogP contribution in [0.1, 0.15) is 52.5 Å². The maximum atomic E-state index is 11.4. The normalized spacial score (nSPS) is 13.0. The van der Waals surface area contributed by atoms with Crippen molar-refractivity contribution in [2.75, 3.05) is 19.7 Å². The summed E-state index contributed by atoms with van der Waals surface area (Å²) in [5.41, 5.74) is 1.21. The van der Waals surface area contributed by atoms with Crippen molar-refractivity contribution in [1.82, 2.24) is 4.90 Å². The number of hydrogen-bond donors (Lipinski definition) is 0. The highest BCUT2D eigenvalue weighted by Gasteiger charge is 2.18. The van der Waals surface area contributed by atoms with Crippen molar-refractivity contribution >= 4 is 5.91 Å². The molecule has 1 aromatic rings. The number of benzene rings is 1. The quantitative estimate of drug-likeness (QED) is 0.751. The van der Waals surface area contributed by atoms with Gasteiger partial charge in [-0.05, 0) is 37.5 Å². The summed E-state index contributed by atoms with van der Waals surface area (Å²) in [6.45, 7) is 12.5. The van der Waals surface area contributed by atoms with Crippen LogP contribution in [0, 0.1) is 6.92 Å². The van der Waals surface area contributed by atoms with Crippen LogP contribution in [0.25, 0.3) is 0 Å². The minimum absolute atomic E-state index is 0.292. The molecule has 3 nitrogen and oxygen atoms in total. The van der Waals surface area contributed by atoms with E-state index in [0.29, 0.717) is 12.5 Å². The highest BCUT2D eigenvalue weighted by Crippen LogP contribution is 2.13. The third-order valence-corrected chi connectivity index (χ3v) is 3.00. The van der Waals surface area contributed by atoms with Crippen LogP contribution in [-0.4, -0.2) is 30.5 Å². The molecule has 1 heterocycles. The molecule has 2 rings (SSSR count). The van der Waals surface area contributed by atoms with Crippen molar-refractivity contribution in [3.05, 3.63) is 29.8 Å². The van der Waals surface area contributed by atoms with Crippen molar-refractivity contribution in [2.45, 2.75) is 53.9 Å². The fourth-order valence-electron chi connectivity index (χ4n) is 2.09. The van der Waals surface area contributed by atoms with Crippen molar-refractivity contribution in [2.24, 2.45) is 0 Å². The van der Waals surface area contributed by atoms with Crippen LogP contribution in [0.3, 0.4) is 0 Å². The van der Waals surface area contributed by atoms with E-state index in [1.165, 1.54) is 5.56 Å². The minimum Gasteiger partial charge on any atom is -0.494 e. The highest BCUT2D eigenvalue weighted by atomic mass is 16.5. The molecule has 0 radical (unpaired) electrons. The first-order valence-electron chi connectivity index (χ1n) is 8.23. The number of amides is 1. The summed E-state index contributed by atoms with van der Waals surface area (Å²) in [4.78, 5) is 13.3. The maximum Gasteiger partial charge on any atom is 0.222 e. The van der Waals surface area contributed by atoms with Crippen molar-refractivity contribution < 1.29 is 9.53 Å². The van der Waals surface area contributed by atoms with Gasteiger partial charge in [0.15, 0.2) is 0 Å². The van der Waals surface area contributed by atoms with E-state index in [1.807, 2.05) is 50.8 Å². The summed E-state index contributed by atoms with van der Waals surface area (Å²) in [6, 6.07) is 8.04. The fourth-order valence-corrected chi connectivity index (χ4v) is 2.09. The third-order valence-electron chi connectivity index (χ3n) is 3.00. The second-order valence-corrected chi connectivity index (χ2v) is 4.50. The van der Waals surface area contributed by atoms with Crippen molar-refractivity contribution in [3.63, 3.8) is 0 Å². The Hall–Kier alpha value is -1.51. The number of nitrogens with zero attached hydrogens (tertiary/aromatic N) is 1. The van der Waals surface area contributed by atoms with Gasteiger partial charge >= 0.3 is 0 Å². The largest absolute Gasteiger partial charge is 0.494 e. The molecular formula is C18H31NO2. The van der Waals surface area contributed by atoms with Gasteiger partial charge < -0.3 is 9.64 Å². The van der Waals surface area contributed by atoms with E-state index in [1.54, 1.807) is 0 Å². The second-order valence-electron chi connectivity index (χ2n) is 4.50. The first kappa shape index (κ1) is 19.5. The number of likely N-dealkylation sites (tertiary alicyclic amines) is 1. The van der Waals surface area contributed by atoms with Gasteiger partial charge in [-0.2, -0.15) is 0 Å². The van der Waals surface area contributed by atoms with Gasteiger partial charge in [-0.1, -0.05) is 39.8 Å². The Morgan fingerprint density at radius 2 is 1.90 bits per heavy atom. The molecule has 0 unspecified atom stereocenters. The summed E-state index contributed by atoms with van der Waals surface area (Å²) >= 11 is 0. The van der Waals surface area contributed by atoms with Crippen LogP contribution >= 0.6 is 0 Å². The number of hydrogen-bond acceptors (Lipinski definition) is 2. The number of carbonyl (C=O) groups excluding carboxylic acids is 1. The highest BCUT2D eigenvalue weighted by molar-refractivity contribution is 5.77. The Labute approximate surface area is 130 Å². The third kappa shape index (κ3) is 7.74. The van der Waals surface area contributed by atoms with Crippen LogP contribution < -0.4 is 4.74 Å². The lowest BCUT2D eigenvalue weighted by Gasteiger charge is -2.15. The molecule has 1 fully saturated rings. The van der Waals surface area contributed by atoms with Gasteiger partial charge in [-0.25, -0.2) is 0 Å². The molecule has 21 heavy (non-hydrogen) atoms. The van der Waals surface area contributed by atoms with E-state index in [4.69, 9.17) is 4.74 Å². The topological polar surface area (TPSA) is 29.5 Å². The van der Waals surface area contributed by atoms with E-state index in [9.17, 15) is 4.79 Å². The molecule has 3 heteroatoms. The zero-order chi connectivity index (χ0) is 16.1. The van der Waals surface area contributed by atoms with Gasteiger partial charge in [-0.15, -0.1) is 0 Å². The molecular weight excluding hydrogens is 262 g/mol. The Bertz CT molecular complexity index is 391. The SMILES string of the molecule is CC.CC.Cc1cccc(OCCCN2CCCC2=O)c1. The number of ether oxygens (including phenoxy) is 1. The lowest BCUT2D eigenvalue weighted by molar-refractivity contribution is -0.127. The molecule has 1 aromatic carbocycles. The molecule has 1 aliphatic rings. The first-order chi connectivity index (χ1) is 10.3. The van der Waals surface area contributed by atoms with Gasteiger partial charge in [0.2, 0.25) is 5.91 Å². The van der Waals surface area contributed by atoms with Gasteiger partial charge in [0.05, 0.1) is 6.61 Å². The number of aryl methyl sites for hydroxylation is 1. The van der Waals surface area contributed by atoms with Gasteiger partial charge in [0.25, 0.3) is 0 Å².